The largest absolute Gasteiger partial charge is 0.378 e. The summed E-state index contributed by atoms with van der Waals surface area (Å²) < 4.78 is 5.42. The van der Waals surface area contributed by atoms with Gasteiger partial charge in [-0.25, -0.2) is 0 Å². The van der Waals surface area contributed by atoms with Gasteiger partial charge in [-0.1, -0.05) is 41.9 Å². The molecule has 2 aromatic carbocycles. The minimum atomic E-state index is 0. The molecule has 1 heterocycles. The van der Waals surface area contributed by atoms with Crippen LogP contribution in [0.3, 0.4) is 0 Å². The number of hydrogen-bond acceptors (Lipinski definition) is 3. The summed E-state index contributed by atoms with van der Waals surface area (Å²) in [7, 11) is 3.81. The predicted molar refractivity (Wildman–Crippen MR) is 128 cm³/mol. The number of halogens is 2. The Kier molecular flexibility index (Phi) is 9.34. The van der Waals surface area contributed by atoms with Gasteiger partial charge >= 0.3 is 0 Å². The zero-order chi connectivity index (χ0) is 19.1. The van der Waals surface area contributed by atoms with E-state index < -0.39 is 0 Å². The van der Waals surface area contributed by atoms with Crippen molar-refractivity contribution in [2.24, 2.45) is 4.99 Å². The molecule has 0 unspecified atom stereocenters. The second-order valence-corrected chi connectivity index (χ2v) is 7.02. The monoisotopic (exact) mass is 514 g/mol. The molecule has 0 amide bonds. The van der Waals surface area contributed by atoms with Gasteiger partial charge in [-0.3, -0.25) is 4.99 Å². The third kappa shape index (κ3) is 6.25. The van der Waals surface area contributed by atoms with Gasteiger partial charge in [-0.2, -0.15) is 0 Å². The van der Waals surface area contributed by atoms with Crippen LogP contribution in [-0.2, 0) is 17.8 Å². The van der Waals surface area contributed by atoms with Crippen LogP contribution in [-0.4, -0.2) is 51.3 Å². The number of nitrogens with one attached hydrogen (secondary N) is 1. The van der Waals surface area contributed by atoms with Gasteiger partial charge in [0.2, 0.25) is 0 Å². The summed E-state index contributed by atoms with van der Waals surface area (Å²) in [6.07, 6.45) is 0. The molecule has 0 radical (unpaired) electrons. The SMILES string of the molecule is CN=C(NCc1ccc(N2CCOCC2)cc1)N(C)Cc1ccccc1Cl.I. The number of guanidine groups is 1. The van der Waals surface area contributed by atoms with Crippen LogP contribution < -0.4 is 10.2 Å². The fourth-order valence-corrected chi connectivity index (χ4v) is 3.36. The van der Waals surface area contributed by atoms with Crippen molar-refractivity contribution in [3.05, 3.63) is 64.7 Å². The quantitative estimate of drug-likeness (QED) is 0.372. The van der Waals surface area contributed by atoms with Crippen LogP contribution in [0.2, 0.25) is 5.02 Å². The second kappa shape index (κ2) is 11.5. The molecule has 0 aliphatic carbocycles. The smallest absolute Gasteiger partial charge is 0.193 e. The first-order valence-corrected chi connectivity index (χ1v) is 9.62. The maximum absolute atomic E-state index is 6.27. The van der Waals surface area contributed by atoms with E-state index in [0.717, 1.165) is 49.4 Å². The van der Waals surface area contributed by atoms with E-state index in [4.69, 9.17) is 16.3 Å². The number of morpholine rings is 1. The van der Waals surface area contributed by atoms with Gasteiger partial charge in [0.1, 0.15) is 0 Å². The van der Waals surface area contributed by atoms with Crippen LogP contribution in [0.25, 0.3) is 0 Å². The van der Waals surface area contributed by atoms with Gasteiger partial charge < -0.3 is 19.9 Å². The summed E-state index contributed by atoms with van der Waals surface area (Å²) in [4.78, 5) is 8.82. The Balaban J connectivity index is 0.00000280. The Morgan fingerprint density at radius 2 is 1.82 bits per heavy atom. The van der Waals surface area contributed by atoms with Gasteiger partial charge in [0.15, 0.2) is 5.96 Å². The molecule has 0 bridgehead atoms. The van der Waals surface area contributed by atoms with Gasteiger partial charge in [0.25, 0.3) is 0 Å². The molecule has 2 aromatic rings. The van der Waals surface area contributed by atoms with E-state index in [0.29, 0.717) is 6.54 Å². The van der Waals surface area contributed by atoms with Gasteiger partial charge in [0.05, 0.1) is 13.2 Å². The van der Waals surface area contributed by atoms with Crippen molar-refractivity contribution < 1.29 is 4.74 Å². The molecule has 0 aromatic heterocycles. The molecule has 0 atom stereocenters. The molecule has 0 spiro atoms. The van der Waals surface area contributed by atoms with Crippen molar-refractivity contribution in [1.29, 1.82) is 0 Å². The summed E-state index contributed by atoms with van der Waals surface area (Å²) >= 11 is 6.27. The number of hydrogen-bond donors (Lipinski definition) is 1. The van der Waals surface area contributed by atoms with Crippen LogP contribution in [0.1, 0.15) is 11.1 Å². The Bertz CT molecular complexity index is 763. The standard InChI is InChI=1S/C21H27ClN4O.HI/c1-23-21(25(2)16-18-5-3-4-6-20(18)22)24-15-17-7-9-19(10-8-17)26-11-13-27-14-12-26;/h3-10H,11-16H2,1-2H3,(H,23,24);1H. The molecule has 5 nitrogen and oxygen atoms in total. The molecule has 1 saturated heterocycles. The van der Waals surface area contributed by atoms with E-state index in [1.54, 1.807) is 7.05 Å². The molecule has 1 aliphatic heterocycles. The van der Waals surface area contributed by atoms with Crippen molar-refractivity contribution in [3.63, 3.8) is 0 Å². The van der Waals surface area contributed by atoms with Crippen molar-refractivity contribution in [1.82, 2.24) is 10.2 Å². The van der Waals surface area contributed by atoms with Crippen LogP contribution in [0.15, 0.2) is 53.5 Å². The van der Waals surface area contributed by atoms with E-state index in [-0.39, 0.29) is 24.0 Å². The maximum atomic E-state index is 6.27. The fourth-order valence-electron chi connectivity index (χ4n) is 3.17. The number of benzene rings is 2. The molecular formula is C21H28ClIN4O. The van der Waals surface area contributed by atoms with Gasteiger partial charge in [-0.05, 0) is 29.3 Å². The van der Waals surface area contributed by atoms with Crippen molar-refractivity contribution >= 4 is 47.2 Å². The first kappa shape index (κ1) is 22.8. The number of ether oxygens (including phenoxy) is 1. The third-order valence-corrected chi connectivity index (χ3v) is 5.07. The normalized spacial score (nSPS) is 14.4. The topological polar surface area (TPSA) is 40.1 Å². The van der Waals surface area contributed by atoms with E-state index in [1.807, 2.05) is 31.3 Å². The highest BCUT2D eigenvalue weighted by molar-refractivity contribution is 14.0. The predicted octanol–water partition coefficient (Wildman–Crippen LogP) is 4.00. The number of nitrogens with zero attached hydrogens (tertiary/aromatic N) is 3. The van der Waals surface area contributed by atoms with Crippen LogP contribution in [0.5, 0.6) is 0 Å². The van der Waals surface area contributed by atoms with Gasteiger partial charge in [0, 0.05) is 51.0 Å². The zero-order valence-electron chi connectivity index (χ0n) is 16.4. The van der Waals surface area contributed by atoms with Crippen molar-refractivity contribution in [2.75, 3.05) is 45.3 Å². The highest BCUT2D eigenvalue weighted by Gasteiger charge is 2.11. The molecule has 0 saturated carbocycles. The van der Waals surface area contributed by atoms with Gasteiger partial charge in [-0.15, -0.1) is 24.0 Å². The van der Waals surface area contributed by atoms with Crippen LogP contribution in [0.4, 0.5) is 5.69 Å². The highest BCUT2D eigenvalue weighted by Crippen LogP contribution is 2.18. The zero-order valence-corrected chi connectivity index (χ0v) is 19.5. The van der Waals surface area contributed by atoms with Crippen LogP contribution >= 0.6 is 35.6 Å². The summed E-state index contributed by atoms with van der Waals surface area (Å²) in [6.45, 7) is 4.95. The highest BCUT2D eigenvalue weighted by atomic mass is 127. The molecule has 3 rings (SSSR count). The number of aliphatic imine (C=N–C) groups is 1. The second-order valence-electron chi connectivity index (χ2n) is 6.61. The molecule has 1 fully saturated rings. The summed E-state index contributed by atoms with van der Waals surface area (Å²) in [6, 6.07) is 16.6. The molecule has 7 heteroatoms. The molecule has 28 heavy (non-hydrogen) atoms. The van der Waals surface area contributed by atoms with E-state index in [2.05, 4.69) is 44.4 Å². The average Bonchev–Trinajstić information content (AvgIpc) is 2.71. The van der Waals surface area contributed by atoms with E-state index in [1.165, 1.54) is 11.3 Å². The van der Waals surface area contributed by atoms with Crippen molar-refractivity contribution in [2.45, 2.75) is 13.1 Å². The van der Waals surface area contributed by atoms with E-state index >= 15 is 0 Å². The van der Waals surface area contributed by atoms with E-state index in [9.17, 15) is 0 Å². The lowest BCUT2D eigenvalue weighted by atomic mass is 10.2. The molecule has 1 aliphatic rings. The Morgan fingerprint density at radius 1 is 1.14 bits per heavy atom. The van der Waals surface area contributed by atoms with Crippen LogP contribution in [0, 0.1) is 0 Å². The minimum absolute atomic E-state index is 0. The average molecular weight is 515 g/mol. The summed E-state index contributed by atoms with van der Waals surface area (Å²) in [5.41, 5.74) is 3.56. The van der Waals surface area contributed by atoms with Crippen molar-refractivity contribution in [3.8, 4) is 0 Å². The molecule has 1 N–H and O–H groups in total. The Morgan fingerprint density at radius 3 is 2.46 bits per heavy atom. The Hall–Kier alpha value is -1.51. The fraction of sp³-hybridized carbons (Fsp3) is 0.381. The lowest BCUT2D eigenvalue weighted by Crippen LogP contribution is -2.38. The third-order valence-electron chi connectivity index (χ3n) is 4.70. The Labute approximate surface area is 189 Å². The first-order chi connectivity index (χ1) is 13.2. The summed E-state index contributed by atoms with van der Waals surface area (Å²) in [5.74, 6) is 0.840. The lowest BCUT2D eigenvalue weighted by molar-refractivity contribution is 0.122. The minimum Gasteiger partial charge on any atom is -0.378 e. The maximum Gasteiger partial charge on any atom is 0.193 e. The number of rotatable bonds is 5. The number of anilines is 1. The summed E-state index contributed by atoms with van der Waals surface area (Å²) in [5, 5.41) is 4.20. The molecular weight excluding hydrogens is 487 g/mol. The molecule has 152 valence electrons. The first-order valence-electron chi connectivity index (χ1n) is 9.24. The lowest BCUT2D eigenvalue weighted by Gasteiger charge is -2.29.